The molecule has 2 aromatic carbocycles. The van der Waals surface area contributed by atoms with E-state index in [-0.39, 0.29) is 4.90 Å². The quantitative estimate of drug-likeness (QED) is 0.185. The summed E-state index contributed by atoms with van der Waals surface area (Å²) in [7, 11) is -5.48. The Kier molecular flexibility index (Phi) is 6.48. The van der Waals surface area contributed by atoms with E-state index in [1.54, 1.807) is 36.5 Å². The third-order valence-electron chi connectivity index (χ3n) is 7.02. The van der Waals surface area contributed by atoms with Crippen molar-refractivity contribution in [3.05, 3.63) is 109 Å². The maximum absolute atomic E-state index is 13.4. The summed E-state index contributed by atoms with van der Waals surface area (Å²) in [6.45, 7) is 10.8. The van der Waals surface area contributed by atoms with Gasteiger partial charge < -0.3 is 8.83 Å². The van der Waals surface area contributed by atoms with Crippen molar-refractivity contribution >= 4 is 34.9 Å². The highest BCUT2D eigenvalue weighted by Crippen LogP contribution is 2.32. The van der Waals surface area contributed by atoms with Gasteiger partial charge in [-0.05, 0) is 87.6 Å². The van der Waals surface area contributed by atoms with Gasteiger partial charge in [-0.25, -0.2) is 17.4 Å². The van der Waals surface area contributed by atoms with Crippen LogP contribution in [0.5, 0.6) is 0 Å². The average Bonchev–Trinajstić information content (AvgIpc) is 3.56. The fourth-order valence-electron chi connectivity index (χ4n) is 5.25. The van der Waals surface area contributed by atoms with Crippen molar-refractivity contribution in [3.63, 3.8) is 0 Å². The molecule has 0 aliphatic rings. The molecule has 6 aromatic rings. The molecule has 0 amide bonds. The molecule has 0 fully saturated rings. The average molecular weight is 581 g/mol. The lowest BCUT2D eigenvalue weighted by Gasteiger charge is -2.33. The number of rotatable bonds is 7. The van der Waals surface area contributed by atoms with E-state index in [0.717, 1.165) is 39.1 Å². The first-order chi connectivity index (χ1) is 19.4. The van der Waals surface area contributed by atoms with Gasteiger partial charge in [0.05, 0.1) is 27.4 Å². The monoisotopic (exact) mass is 580 g/mol. The molecule has 0 aliphatic heterocycles. The van der Waals surface area contributed by atoms with Gasteiger partial charge in [-0.1, -0.05) is 30.3 Å². The molecule has 0 atom stereocenters. The molecule has 0 saturated carbocycles. The van der Waals surface area contributed by atoms with Crippen molar-refractivity contribution in [1.29, 1.82) is 0 Å². The topological polar surface area (TPSA) is 78.5 Å². The zero-order chi connectivity index (χ0) is 29.0. The van der Waals surface area contributed by atoms with Crippen LogP contribution in [0.4, 0.5) is 0 Å². The van der Waals surface area contributed by atoms with Gasteiger partial charge in [0, 0.05) is 41.3 Å². The number of fused-ring (bicyclic) bond motifs is 2. The van der Waals surface area contributed by atoms with E-state index in [4.69, 9.17) is 9.41 Å². The highest BCUT2D eigenvalue weighted by atomic mass is 32.2. The molecule has 0 radical (unpaired) electrons. The van der Waals surface area contributed by atoms with E-state index >= 15 is 0 Å². The van der Waals surface area contributed by atoms with Crippen LogP contribution in [0.2, 0.25) is 19.6 Å². The Labute approximate surface area is 241 Å². The van der Waals surface area contributed by atoms with Gasteiger partial charge >= 0.3 is 0 Å². The minimum absolute atomic E-state index is 0.247. The van der Waals surface area contributed by atoms with Gasteiger partial charge in [0.1, 0.15) is 5.65 Å². The van der Waals surface area contributed by atoms with Gasteiger partial charge in [-0.15, -0.1) is 0 Å². The Hall–Kier alpha value is -4.05. The summed E-state index contributed by atoms with van der Waals surface area (Å²) in [4.78, 5) is 9.71. The second kappa shape index (κ2) is 9.80. The zero-order valence-corrected chi connectivity index (χ0v) is 25.6. The molecule has 9 heteroatoms. The smallest absolute Gasteiger partial charge is 0.268 e. The predicted octanol–water partition coefficient (Wildman–Crippen LogP) is 7.34. The van der Waals surface area contributed by atoms with Crippen LogP contribution in [0.3, 0.4) is 0 Å². The van der Waals surface area contributed by atoms with Gasteiger partial charge in [0.2, 0.25) is 0 Å². The van der Waals surface area contributed by atoms with Crippen LogP contribution in [0.25, 0.3) is 39.1 Å². The highest BCUT2D eigenvalue weighted by molar-refractivity contribution is 7.90. The highest BCUT2D eigenvalue weighted by Gasteiger charge is 2.29. The summed E-state index contributed by atoms with van der Waals surface area (Å²) in [5.41, 5.74) is 5.46. The van der Waals surface area contributed by atoms with Crippen LogP contribution in [0, 0.1) is 0 Å². The van der Waals surface area contributed by atoms with Crippen LogP contribution >= 0.6 is 0 Å². The van der Waals surface area contributed by atoms with Gasteiger partial charge in [0.25, 0.3) is 10.0 Å². The van der Waals surface area contributed by atoms with Crippen LogP contribution in [-0.4, -0.2) is 35.1 Å². The Bertz CT molecular complexity index is 2010. The molecule has 0 spiro atoms. The number of hydrogen-bond acceptors (Lipinski definition) is 5. The molecule has 0 N–H and O–H groups in total. The Balaban J connectivity index is 1.36. The van der Waals surface area contributed by atoms with Crippen molar-refractivity contribution in [1.82, 2.24) is 18.3 Å². The predicted molar refractivity (Wildman–Crippen MR) is 166 cm³/mol. The first-order valence-corrected chi connectivity index (χ1v) is 18.3. The van der Waals surface area contributed by atoms with E-state index in [9.17, 15) is 8.42 Å². The minimum Gasteiger partial charge on any atom is -0.409 e. The van der Waals surface area contributed by atoms with Crippen LogP contribution in [-0.2, 0) is 20.1 Å². The molecule has 0 saturated heterocycles. The summed E-state index contributed by atoms with van der Waals surface area (Å²) in [6, 6.07) is 24.1. The maximum atomic E-state index is 13.4. The van der Waals surface area contributed by atoms with Crippen molar-refractivity contribution in [2.45, 2.75) is 44.0 Å². The van der Waals surface area contributed by atoms with E-state index < -0.39 is 23.9 Å². The molecule has 0 unspecified atom stereocenters. The molecular weight excluding hydrogens is 549 g/mol. The van der Waals surface area contributed by atoms with E-state index in [1.165, 1.54) is 3.97 Å². The van der Waals surface area contributed by atoms with E-state index in [2.05, 4.69) is 44.5 Å². The minimum atomic E-state index is -3.73. The number of imidazole rings is 1. The molecule has 6 rings (SSSR count). The van der Waals surface area contributed by atoms with Crippen LogP contribution in [0.15, 0.2) is 109 Å². The zero-order valence-electron chi connectivity index (χ0n) is 23.7. The van der Waals surface area contributed by atoms with E-state index in [1.807, 2.05) is 65.5 Å². The lowest BCUT2D eigenvalue weighted by Crippen LogP contribution is -2.36. The molecule has 0 bridgehead atoms. The normalized spacial score (nSPS) is 12.8. The van der Waals surface area contributed by atoms with Crippen molar-refractivity contribution in [2.24, 2.45) is 0 Å². The first kappa shape index (κ1) is 27.1. The number of hydrogen-bond donors (Lipinski definition) is 0. The van der Waals surface area contributed by atoms with Crippen LogP contribution < -0.4 is 0 Å². The third-order valence-corrected chi connectivity index (χ3v) is 9.84. The van der Waals surface area contributed by atoms with Gasteiger partial charge in [-0.2, -0.15) is 0 Å². The Morgan fingerprint density at radius 1 is 0.829 bits per heavy atom. The summed E-state index contributed by atoms with van der Waals surface area (Å²) in [6.07, 6.45) is 7.41. The second-order valence-corrected chi connectivity index (χ2v) is 17.9. The maximum Gasteiger partial charge on any atom is 0.268 e. The standard InChI is InChI=1S/C32H32N4O3SSi/c1-32(2,39-41(3,4)5)26-15-17-33-28(20-26)25-13-14-31-34-29(22-35(31)21-25)24-12-11-23-16-18-36(30(23)19-24)40(37,38)27-9-7-6-8-10-27/h6-22H,1-5H3. The fourth-order valence-corrected chi connectivity index (χ4v) is 8.26. The number of aromatic nitrogens is 4. The lowest BCUT2D eigenvalue weighted by molar-refractivity contribution is 0.1000. The van der Waals surface area contributed by atoms with Gasteiger partial charge in [0.15, 0.2) is 8.32 Å². The molecule has 4 aromatic heterocycles. The second-order valence-electron chi connectivity index (χ2n) is 11.7. The molecule has 7 nitrogen and oxygen atoms in total. The first-order valence-electron chi connectivity index (χ1n) is 13.5. The Morgan fingerprint density at radius 2 is 1.59 bits per heavy atom. The van der Waals surface area contributed by atoms with E-state index in [0.29, 0.717) is 5.52 Å². The molecule has 208 valence electrons. The number of pyridine rings is 2. The third kappa shape index (κ3) is 5.24. The molecule has 4 heterocycles. The van der Waals surface area contributed by atoms with Crippen molar-refractivity contribution in [3.8, 4) is 22.5 Å². The number of nitrogens with zero attached hydrogens (tertiary/aromatic N) is 4. The molecular formula is C32H32N4O3SSi. The molecule has 41 heavy (non-hydrogen) atoms. The SMILES string of the molecule is CC(C)(O[Si](C)(C)C)c1ccnc(-c2ccc3nc(-c4ccc5ccn(S(=O)(=O)c6ccccc6)c5c4)cn3c2)c1. The molecule has 0 aliphatic carbocycles. The summed E-state index contributed by atoms with van der Waals surface area (Å²) < 4.78 is 36.5. The largest absolute Gasteiger partial charge is 0.409 e. The fraction of sp³-hybridized carbons (Fsp3) is 0.188. The van der Waals surface area contributed by atoms with Crippen molar-refractivity contribution in [2.75, 3.05) is 0 Å². The summed E-state index contributed by atoms with van der Waals surface area (Å²) >= 11 is 0. The summed E-state index contributed by atoms with van der Waals surface area (Å²) in [5, 5.41) is 0.839. The summed E-state index contributed by atoms with van der Waals surface area (Å²) in [5.74, 6) is 0. The van der Waals surface area contributed by atoms with Crippen molar-refractivity contribution < 1.29 is 12.8 Å². The van der Waals surface area contributed by atoms with Gasteiger partial charge in [-0.3, -0.25) is 4.98 Å². The Morgan fingerprint density at radius 3 is 2.34 bits per heavy atom. The number of benzene rings is 2. The van der Waals surface area contributed by atoms with Crippen LogP contribution in [0.1, 0.15) is 19.4 Å². The lowest BCUT2D eigenvalue weighted by atomic mass is 9.98.